The molecule has 2 N–H and O–H groups in total. The summed E-state index contributed by atoms with van der Waals surface area (Å²) in [4.78, 5) is 8.47. The summed E-state index contributed by atoms with van der Waals surface area (Å²) in [5.41, 5.74) is 3.38. The second-order valence-corrected chi connectivity index (χ2v) is 5.74. The van der Waals surface area contributed by atoms with Gasteiger partial charge in [0.1, 0.15) is 0 Å². The Morgan fingerprint density at radius 3 is 2.62 bits per heavy atom. The Morgan fingerprint density at radius 1 is 1.04 bits per heavy atom. The van der Waals surface area contributed by atoms with E-state index in [1.54, 1.807) is 18.6 Å². The summed E-state index contributed by atoms with van der Waals surface area (Å²) in [5.74, 6) is 1.57. The maximum absolute atomic E-state index is 4.47. The summed E-state index contributed by atoms with van der Waals surface area (Å²) in [7, 11) is 0. The van der Waals surface area contributed by atoms with Crippen LogP contribution in [-0.4, -0.2) is 20.2 Å². The second-order valence-electron chi connectivity index (χ2n) is 5.74. The fourth-order valence-corrected chi connectivity index (χ4v) is 2.37. The number of pyridine rings is 1. The molecule has 0 aliphatic rings. The predicted molar refractivity (Wildman–Crippen MR) is 95.2 cm³/mol. The van der Waals surface area contributed by atoms with Crippen LogP contribution in [0.2, 0.25) is 0 Å². The molecule has 0 aliphatic carbocycles. The van der Waals surface area contributed by atoms with Crippen molar-refractivity contribution < 1.29 is 0 Å². The Labute approximate surface area is 141 Å². The molecule has 0 saturated carbocycles. The van der Waals surface area contributed by atoms with Crippen LogP contribution in [0.1, 0.15) is 30.9 Å². The summed E-state index contributed by atoms with van der Waals surface area (Å²) in [6.07, 6.45) is 5.14. The Bertz CT molecular complexity index is 788. The molecule has 24 heavy (non-hydrogen) atoms. The van der Waals surface area contributed by atoms with Gasteiger partial charge in [-0.1, -0.05) is 32.0 Å². The molecule has 1 aromatic carbocycles. The van der Waals surface area contributed by atoms with E-state index >= 15 is 0 Å². The highest BCUT2D eigenvalue weighted by molar-refractivity contribution is 5.61. The van der Waals surface area contributed by atoms with Crippen molar-refractivity contribution in [3.63, 3.8) is 0 Å². The summed E-state index contributed by atoms with van der Waals surface area (Å²) < 4.78 is 0. The zero-order valence-electron chi connectivity index (χ0n) is 13.8. The van der Waals surface area contributed by atoms with Crippen LogP contribution in [0, 0.1) is 0 Å². The second kappa shape index (κ2) is 7.50. The summed E-state index contributed by atoms with van der Waals surface area (Å²) >= 11 is 0. The van der Waals surface area contributed by atoms with Crippen molar-refractivity contribution in [2.75, 3.05) is 10.6 Å². The fourth-order valence-electron chi connectivity index (χ4n) is 2.37. The van der Waals surface area contributed by atoms with E-state index in [0.29, 0.717) is 24.2 Å². The number of hydrogen-bond acceptors (Lipinski definition) is 6. The molecule has 3 rings (SSSR count). The van der Waals surface area contributed by atoms with Gasteiger partial charge < -0.3 is 10.6 Å². The molecule has 6 nitrogen and oxygen atoms in total. The van der Waals surface area contributed by atoms with Crippen molar-refractivity contribution in [3.8, 4) is 0 Å². The number of nitrogens with one attached hydrogen (secondary N) is 2. The first-order valence-electron chi connectivity index (χ1n) is 7.91. The lowest BCUT2D eigenvalue weighted by Gasteiger charge is -2.14. The Morgan fingerprint density at radius 2 is 1.83 bits per heavy atom. The lowest BCUT2D eigenvalue weighted by molar-refractivity contribution is 0.868. The third kappa shape index (κ3) is 4.04. The predicted octanol–water partition coefficient (Wildman–Crippen LogP) is 3.75. The van der Waals surface area contributed by atoms with Crippen LogP contribution in [0.4, 0.5) is 17.5 Å². The highest BCUT2D eigenvalue weighted by Gasteiger charge is 2.07. The van der Waals surface area contributed by atoms with Crippen molar-refractivity contribution in [2.45, 2.75) is 26.3 Å². The van der Waals surface area contributed by atoms with Crippen molar-refractivity contribution in [3.05, 3.63) is 66.1 Å². The van der Waals surface area contributed by atoms with E-state index in [4.69, 9.17) is 0 Å². The van der Waals surface area contributed by atoms with E-state index in [-0.39, 0.29) is 0 Å². The van der Waals surface area contributed by atoms with Gasteiger partial charge in [0, 0.05) is 24.6 Å². The Hall–Kier alpha value is -3.02. The molecular weight excluding hydrogens is 300 g/mol. The van der Waals surface area contributed by atoms with Crippen LogP contribution in [-0.2, 0) is 6.54 Å². The minimum absolute atomic E-state index is 0.424. The molecule has 0 aliphatic heterocycles. The van der Waals surface area contributed by atoms with E-state index < -0.39 is 0 Å². The van der Waals surface area contributed by atoms with Crippen molar-refractivity contribution in [1.82, 2.24) is 20.2 Å². The van der Waals surface area contributed by atoms with Crippen molar-refractivity contribution in [2.24, 2.45) is 0 Å². The third-order valence-corrected chi connectivity index (χ3v) is 3.60. The van der Waals surface area contributed by atoms with Crippen LogP contribution < -0.4 is 10.6 Å². The van der Waals surface area contributed by atoms with Gasteiger partial charge in [-0.15, -0.1) is 5.10 Å². The topological polar surface area (TPSA) is 75.6 Å². The monoisotopic (exact) mass is 320 g/mol. The summed E-state index contributed by atoms with van der Waals surface area (Å²) in [6.45, 7) is 4.96. The lowest BCUT2D eigenvalue weighted by Crippen LogP contribution is -2.07. The normalized spacial score (nSPS) is 10.6. The van der Waals surface area contributed by atoms with Crippen molar-refractivity contribution in [1.29, 1.82) is 0 Å². The fraction of sp³-hybridized carbons (Fsp3) is 0.222. The minimum Gasteiger partial charge on any atom is -0.349 e. The van der Waals surface area contributed by atoms with E-state index in [2.05, 4.69) is 50.7 Å². The van der Waals surface area contributed by atoms with Gasteiger partial charge in [0.2, 0.25) is 5.95 Å². The van der Waals surface area contributed by atoms with Crippen LogP contribution in [0.3, 0.4) is 0 Å². The molecule has 0 radical (unpaired) electrons. The Balaban J connectivity index is 1.72. The van der Waals surface area contributed by atoms with Gasteiger partial charge in [0.15, 0.2) is 5.82 Å². The molecule has 6 heteroatoms. The van der Waals surface area contributed by atoms with Crippen LogP contribution in [0.5, 0.6) is 0 Å². The summed E-state index contributed by atoms with van der Waals surface area (Å²) in [6, 6.07) is 12.1. The molecule has 0 saturated heterocycles. The smallest absolute Gasteiger partial charge is 0.244 e. The number of benzene rings is 1. The SMILES string of the molecule is CC(C)c1ccccc1Nc1cnnc(NCc2ccncc2)n1. The van der Waals surface area contributed by atoms with Gasteiger partial charge in [-0.05, 0) is 35.2 Å². The van der Waals surface area contributed by atoms with E-state index in [9.17, 15) is 0 Å². The van der Waals surface area contributed by atoms with Crippen molar-refractivity contribution >= 4 is 17.5 Å². The number of anilines is 3. The largest absolute Gasteiger partial charge is 0.349 e. The van der Waals surface area contributed by atoms with Crippen LogP contribution in [0.15, 0.2) is 55.0 Å². The average Bonchev–Trinajstić information content (AvgIpc) is 2.61. The molecule has 2 heterocycles. The number of hydrogen-bond donors (Lipinski definition) is 2. The van der Waals surface area contributed by atoms with Gasteiger partial charge in [0.25, 0.3) is 0 Å². The quantitative estimate of drug-likeness (QED) is 0.720. The van der Waals surface area contributed by atoms with Gasteiger partial charge in [0.05, 0.1) is 6.20 Å². The number of aromatic nitrogens is 4. The standard InChI is InChI=1S/C18H20N6/c1-13(2)15-5-3-4-6-16(15)22-17-12-21-24-18(23-17)20-11-14-7-9-19-10-8-14/h3-10,12-13H,11H2,1-2H3,(H2,20,22,23,24). The number of para-hydroxylation sites is 1. The molecule has 0 unspecified atom stereocenters. The van der Waals surface area contributed by atoms with E-state index in [1.807, 2.05) is 30.3 Å². The van der Waals surface area contributed by atoms with Gasteiger partial charge >= 0.3 is 0 Å². The van der Waals surface area contributed by atoms with E-state index in [0.717, 1.165) is 11.3 Å². The molecule has 0 bridgehead atoms. The molecule has 0 amide bonds. The summed E-state index contributed by atoms with van der Waals surface area (Å²) in [5, 5.41) is 14.5. The first-order valence-corrected chi connectivity index (χ1v) is 7.91. The van der Waals surface area contributed by atoms with Gasteiger partial charge in [-0.25, -0.2) is 0 Å². The first-order chi connectivity index (χ1) is 11.7. The van der Waals surface area contributed by atoms with Crippen LogP contribution in [0.25, 0.3) is 0 Å². The zero-order valence-corrected chi connectivity index (χ0v) is 13.8. The first kappa shape index (κ1) is 15.9. The van der Waals surface area contributed by atoms with Gasteiger partial charge in [-0.3, -0.25) is 4.98 Å². The molecule has 0 atom stereocenters. The molecule has 3 aromatic rings. The molecular formula is C18H20N6. The maximum Gasteiger partial charge on any atom is 0.244 e. The minimum atomic E-state index is 0.424. The lowest BCUT2D eigenvalue weighted by atomic mass is 10.0. The molecule has 2 aromatic heterocycles. The van der Waals surface area contributed by atoms with Gasteiger partial charge in [-0.2, -0.15) is 10.1 Å². The average molecular weight is 320 g/mol. The van der Waals surface area contributed by atoms with Crippen LogP contribution >= 0.6 is 0 Å². The Kier molecular flexibility index (Phi) is 4.96. The number of nitrogens with zero attached hydrogens (tertiary/aromatic N) is 4. The molecule has 0 fully saturated rings. The molecule has 122 valence electrons. The number of rotatable bonds is 6. The van der Waals surface area contributed by atoms with E-state index in [1.165, 1.54) is 5.56 Å². The zero-order chi connectivity index (χ0) is 16.8. The highest BCUT2D eigenvalue weighted by Crippen LogP contribution is 2.26. The maximum atomic E-state index is 4.47. The molecule has 0 spiro atoms. The highest BCUT2D eigenvalue weighted by atomic mass is 15.3. The third-order valence-electron chi connectivity index (χ3n) is 3.60.